The van der Waals surface area contributed by atoms with E-state index in [-0.39, 0.29) is 21.2 Å². The highest BCUT2D eigenvalue weighted by Gasteiger charge is 2.18. The van der Waals surface area contributed by atoms with Crippen molar-refractivity contribution in [2.75, 3.05) is 5.32 Å². The smallest absolute Gasteiger partial charge is 0.316 e. The standard InChI is InChI=1S/C13H12N2O4S/c14-13(17)15-11-7-6-10(8-12(11)16)20(18,19)9-4-2-1-3-5-9/h1-8,16H,(H3,14,15,17). The summed E-state index contributed by atoms with van der Waals surface area (Å²) in [5.74, 6) is -0.374. The van der Waals surface area contributed by atoms with E-state index in [1.165, 1.54) is 24.3 Å². The van der Waals surface area contributed by atoms with Crippen molar-refractivity contribution in [3.05, 3.63) is 48.5 Å². The second-order valence-electron chi connectivity index (χ2n) is 3.98. The molecule has 0 unspecified atom stereocenters. The average Bonchev–Trinajstić information content (AvgIpc) is 2.41. The molecule has 2 aromatic carbocycles. The van der Waals surface area contributed by atoms with Gasteiger partial charge in [0.1, 0.15) is 5.75 Å². The van der Waals surface area contributed by atoms with Crippen LogP contribution in [0, 0.1) is 0 Å². The van der Waals surface area contributed by atoms with Crippen LogP contribution < -0.4 is 11.1 Å². The molecule has 0 saturated carbocycles. The van der Waals surface area contributed by atoms with Gasteiger partial charge in [0.2, 0.25) is 9.84 Å². The number of carbonyl (C=O) groups is 1. The van der Waals surface area contributed by atoms with Crippen LogP contribution in [0.15, 0.2) is 58.3 Å². The number of amides is 2. The molecule has 0 atom stereocenters. The number of phenols is 1. The fraction of sp³-hybridized carbons (Fsp3) is 0. The summed E-state index contributed by atoms with van der Waals surface area (Å²) >= 11 is 0. The molecule has 6 nitrogen and oxygen atoms in total. The lowest BCUT2D eigenvalue weighted by Gasteiger charge is -2.08. The predicted molar refractivity (Wildman–Crippen MR) is 73.2 cm³/mol. The minimum atomic E-state index is -3.71. The van der Waals surface area contributed by atoms with Crippen LogP contribution in [0.5, 0.6) is 5.75 Å². The summed E-state index contributed by atoms with van der Waals surface area (Å²) < 4.78 is 24.6. The molecule has 4 N–H and O–H groups in total. The minimum absolute atomic E-state index is 0.0458. The Morgan fingerprint density at radius 3 is 2.25 bits per heavy atom. The highest BCUT2D eigenvalue weighted by atomic mass is 32.2. The van der Waals surface area contributed by atoms with Crippen LogP contribution in [-0.4, -0.2) is 19.6 Å². The number of aromatic hydroxyl groups is 1. The first kappa shape index (κ1) is 13.9. The zero-order chi connectivity index (χ0) is 14.8. The summed E-state index contributed by atoms with van der Waals surface area (Å²) in [6.07, 6.45) is 0. The van der Waals surface area contributed by atoms with Crippen LogP contribution >= 0.6 is 0 Å². The van der Waals surface area contributed by atoms with E-state index in [2.05, 4.69) is 5.32 Å². The van der Waals surface area contributed by atoms with Crippen molar-refractivity contribution in [3.63, 3.8) is 0 Å². The average molecular weight is 292 g/mol. The van der Waals surface area contributed by atoms with Crippen molar-refractivity contribution in [2.24, 2.45) is 5.73 Å². The van der Waals surface area contributed by atoms with Gasteiger partial charge in [-0.2, -0.15) is 0 Å². The zero-order valence-corrected chi connectivity index (χ0v) is 11.1. The molecular formula is C13H12N2O4S. The molecule has 0 bridgehead atoms. The molecule has 7 heteroatoms. The molecule has 0 fully saturated rings. The Hall–Kier alpha value is -2.54. The summed E-state index contributed by atoms with van der Waals surface area (Å²) in [5.41, 5.74) is 4.97. The molecule has 2 rings (SSSR count). The molecule has 0 radical (unpaired) electrons. The highest BCUT2D eigenvalue weighted by Crippen LogP contribution is 2.29. The summed E-state index contributed by atoms with van der Waals surface area (Å²) in [6.45, 7) is 0. The van der Waals surface area contributed by atoms with Gasteiger partial charge in [0.05, 0.1) is 15.5 Å². The first-order valence-corrected chi connectivity index (χ1v) is 7.09. The van der Waals surface area contributed by atoms with E-state index < -0.39 is 15.9 Å². The highest BCUT2D eigenvalue weighted by molar-refractivity contribution is 7.91. The van der Waals surface area contributed by atoms with Gasteiger partial charge < -0.3 is 16.2 Å². The van der Waals surface area contributed by atoms with Crippen LogP contribution in [-0.2, 0) is 9.84 Å². The molecule has 20 heavy (non-hydrogen) atoms. The van der Waals surface area contributed by atoms with Gasteiger partial charge in [0, 0.05) is 6.07 Å². The fourth-order valence-corrected chi connectivity index (χ4v) is 2.95. The van der Waals surface area contributed by atoms with E-state index in [9.17, 15) is 18.3 Å². The maximum absolute atomic E-state index is 12.3. The van der Waals surface area contributed by atoms with Crippen molar-refractivity contribution < 1.29 is 18.3 Å². The lowest BCUT2D eigenvalue weighted by molar-refractivity contribution is 0.259. The predicted octanol–water partition coefficient (Wildman–Crippen LogP) is 1.72. The molecule has 0 aromatic heterocycles. The topological polar surface area (TPSA) is 109 Å². The lowest BCUT2D eigenvalue weighted by atomic mass is 10.3. The number of phenolic OH excluding ortho intramolecular Hbond substituents is 1. The van der Waals surface area contributed by atoms with Crippen molar-refractivity contribution >= 4 is 21.6 Å². The SMILES string of the molecule is NC(=O)Nc1ccc(S(=O)(=O)c2ccccc2)cc1O. The molecule has 0 heterocycles. The number of urea groups is 1. The molecule has 2 amide bonds. The molecular weight excluding hydrogens is 280 g/mol. The van der Waals surface area contributed by atoms with Gasteiger partial charge in [-0.15, -0.1) is 0 Å². The number of benzene rings is 2. The van der Waals surface area contributed by atoms with Crippen LogP contribution in [0.2, 0.25) is 0 Å². The monoisotopic (exact) mass is 292 g/mol. The van der Waals surface area contributed by atoms with E-state index in [1.54, 1.807) is 18.2 Å². The Morgan fingerprint density at radius 1 is 1.05 bits per heavy atom. The maximum atomic E-state index is 12.3. The third-order valence-electron chi connectivity index (χ3n) is 2.59. The van der Waals surface area contributed by atoms with Gasteiger partial charge in [-0.1, -0.05) is 18.2 Å². The number of nitrogens with one attached hydrogen (secondary N) is 1. The summed E-state index contributed by atoms with van der Waals surface area (Å²) in [4.78, 5) is 10.8. The quantitative estimate of drug-likeness (QED) is 0.748. The number of anilines is 1. The first-order valence-electron chi connectivity index (χ1n) is 5.61. The van der Waals surface area contributed by atoms with Crippen molar-refractivity contribution in [1.29, 1.82) is 0 Å². The molecule has 0 aliphatic carbocycles. The van der Waals surface area contributed by atoms with E-state index >= 15 is 0 Å². The number of hydrogen-bond acceptors (Lipinski definition) is 4. The Morgan fingerprint density at radius 2 is 1.70 bits per heavy atom. The number of nitrogens with two attached hydrogens (primary N) is 1. The van der Waals surface area contributed by atoms with Gasteiger partial charge in [-0.3, -0.25) is 0 Å². The Balaban J connectivity index is 2.44. The fourth-order valence-electron chi connectivity index (χ4n) is 1.65. The maximum Gasteiger partial charge on any atom is 0.316 e. The largest absolute Gasteiger partial charge is 0.506 e. The number of primary amides is 1. The van der Waals surface area contributed by atoms with E-state index in [0.29, 0.717) is 0 Å². The molecule has 0 aliphatic rings. The van der Waals surface area contributed by atoms with E-state index in [0.717, 1.165) is 6.07 Å². The van der Waals surface area contributed by atoms with E-state index in [1.807, 2.05) is 0 Å². The molecule has 0 spiro atoms. The first-order chi connectivity index (χ1) is 9.41. The minimum Gasteiger partial charge on any atom is -0.506 e. The Labute approximate surface area is 115 Å². The van der Waals surface area contributed by atoms with Gasteiger partial charge in [-0.05, 0) is 24.3 Å². The van der Waals surface area contributed by atoms with Crippen LogP contribution in [0.25, 0.3) is 0 Å². The van der Waals surface area contributed by atoms with Crippen LogP contribution in [0.1, 0.15) is 0 Å². The van der Waals surface area contributed by atoms with Gasteiger partial charge >= 0.3 is 6.03 Å². The third kappa shape index (κ3) is 2.72. The number of sulfone groups is 1. The van der Waals surface area contributed by atoms with Crippen molar-refractivity contribution in [3.8, 4) is 5.75 Å². The number of hydrogen-bond donors (Lipinski definition) is 3. The summed E-state index contributed by atoms with van der Waals surface area (Å²) in [6, 6.07) is 10.6. The van der Waals surface area contributed by atoms with Gasteiger partial charge in [-0.25, -0.2) is 13.2 Å². The molecule has 104 valence electrons. The number of carbonyl (C=O) groups excluding carboxylic acids is 1. The molecule has 2 aromatic rings. The van der Waals surface area contributed by atoms with Gasteiger partial charge in [0.15, 0.2) is 0 Å². The summed E-state index contributed by atoms with van der Waals surface area (Å²) in [7, 11) is -3.71. The van der Waals surface area contributed by atoms with E-state index in [4.69, 9.17) is 5.73 Å². The van der Waals surface area contributed by atoms with Crippen LogP contribution in [0.4, 0.5) is 10.5 Å². The second-order valence-corrected chi connectivity index (χ2v) is 5.93. The van der Waals surface area contributed by atoms with Crippen LogP contribution in [0.3, 0.4) is 0 Å². The second kappa shape index (κ2) is 5.22. The molecule has 0 aliphatic heterocycles. The van der Waals surface area contributed by atoms with Crippen molar-refractivity contribution in [1.82, 2.24) is 0 Å². The Kier molecular flexibility index (Phi) is 3.62. The summed E-state index contributed by atoms with van der Waals surface area (Å²) in [5, 5.41) is 11.9. The number of rotatable bonds is 3. The van der Waals surface area contributed by atoms with Gasteiger partial charge in [0.25, 0.3) is 0 Å². The Bertz CT molecular complexity index is 742. The van der Waals surface area contributed by atoms with Crippen molar-refractivity contribution in [2.45, 2.75) is 9.79 Å². The zero-order valence-electron chi connectivity index (χ0n) is 10.3. The lowest BCUT2D eigenvalue weighted by Crippen LogP contribution is -2.19. The third-order valence-corrected chi connectivity index (χ3v) is 4.36. The normalized spacial score (nSPS) is 11.0. The molecule has 0 saturated heterocycles.